The number of aliphatic carboxylic acids is 1. The van der Waals surface area contributed by atoms with Gasteiger partial charge in [0.2, 0.25) is 11.7 Å². The minimum absolute atomic E-state index is 0.314. The molecule has 0 aliphatic carbocycles. The van der Waals surface area contributed by atoms with E-state index < -0.39 is 48.3 Å². The van der Waals surface area contributed by atoms with E-state index >= 15 is 0 Å². The number of nitrogens with one attached hydrogen (secondary N) is 1. The Balaban J connectivity index is 2.26. The van der Waals surface area contributed by atoms with E-state index in [0.717, 1.165) is 5.56 Å². The average Bonchev–Trinajstić information content (AvgIpc) is 2.94. The highest BCUT2D eigenvalue weighted by molar-refractivity contribution is 6.32. The van der Waals surface area contributed by atoms with Gasteiger partial charge >= 0.3 is 5.97 Å². The van der Waals surface area contributed by atoms with Gasteiger partial charge in [0.05, 0.1) is 12.1 Å². The van der Waals surface area contributed by atoms with Gasteiger partial charge in [0.15, 0.2) is 5.79 Å². The number of aliphatic hydroxyl groups is 1. The van der Waals surface area contributed by atoms with E-state index in [-0.39, 0.29) is 5.91 Å². The van der Waals surface area contributed by atoms with Crippen LogP contribution in [-0.2, 0) is 23.9 Å². The summed E-state index contributed by atoms with van der Waals surface area (Å²) in [6.45, 7) is 4.62. The van der Waals surface area contributed by atoms with Crippen LogP contribution in [0.2, 0.25) is 0 Å². The molecule has 0 bridgehead atoms. The van der Waals surface area contributed by atoms with Crippen LogP contribution in [0, 0.1) is 0 Å². The molecule has 0 saturated carbocycles. The number of hydrogen-bond donors (Lipinski definition) is 3. The number of benzene rings is 1. The normalized spacial score (nSPS) is 23.3. The molecule has 152 valence electrons. The number of carbonyl (C=O) groups excluding carboxylic acids is 2. The second kappa shape index (κ2) is 9.09. The topological polar surface area (TPSA) is 122 Å². The number of amides is 1. The number of ether oxygens (including phenoxy) is 2. The molecule has 1 saturated heterocycles. The van der Waals surface area contributed by atoms with Gasteiger partial charge in [0.25, 0.3) is 0 Å². The van der Waals surface area contributed by atoms with Crippen molar-refractivity contribution < 1.29 is 34.1 Å². The van der Waals surface area contributed by atoms with Crippen LogP contribution in [0.15, 0.2) is 36.4 Å². The Morgan fingerprint density at radius 1 is 1.18 bits per heavy atom. The maximum absolute atomic E-state index is 11.7. The molecule has 1 heterocycles. The third-order valence-electron chi connectivity index (χ3n) is 4.20. The van der Waals surface area contributed by atoms with Crippen molar-refractivity contribution in [3.05, 3.63) is 42.0 Å². The zero-order chi connectivity index (χ0) is 20.9. The molecule has 1 aliphatic heterocycles. The first-order valence-electron chi connectivity index (χ1n) is 8.89. The van der Waals surface area contributed by atoms with Crippen LogP contribution in [0.4, 0.5) is 0 Å². The molecule has 2 rings (SSSR count). The Kier molecular flexibility index (Phi) is 7.06. The summed E-state index contributed by atoms with van der Waals surface area (Å²) < 4.78 is 11.6. The molecule has 0 spiro atoms. The monoisotopic (exact) mass is 391 g/mol. The second-order valence-electron chi connectivity index (χ2n) is 7.06. The fraction of sp³-hybridized carbons (Fsp3) is 0.450. The lowest BCUT2D eigenvalue weighted by Crippen LogP contribution is -2.49. The molecule has 0 unspecified atom stereocenters. The molecule has 8 nitrogen and oxygen atoms in total. The predicted molar refractivity (Wildman–Crippen MR) is 100 cm³/mol. The molecule has 4 atom stereocenters. The van der Waals surface area contributed by atoms with E-state index in [1.807, 2.05) is 30.3 Å². The maximum atomic E-state index is 11.7. The summed E-state index contributed by atoms with van der Waals surface area (Å²) in [5.41, 5.74) is 0.897. The van der Waals surface area contributed by atoms with Crippen LogP contribution in [0.3, 0.4) is 0 Å². The Labute approximate surface area is 163 Å². The van der Waals surface area contributed by atoms with E-state index in [0.29, 0.717) is 0 Å². The second-order valence-corrected chi connectivity index (χ2v) is 7.06. The highest BCUT2D eigenvalue weighted by atomic mass is 16.8. The molecule has 1 aliphatic rings. The number of hydrogen-bond acceptors (Lipinski definition) is 6. The first-order chi connectivity index (χ1) is 13.1. The van der Waals surface area contributed by atoms with Crippen molar-refractivity contribution in [3.63, 3.8) is 0 Å². The molecule has 0 aromatic heterocycles. The fourth-order valence-corrected chi connectivity index (χ4v) is 3.04. The molecule has 0 radical (unpaired) electrons. The number of carbonyl (C=O) groups is 3. The number of rotatable bonds is 8. The largest absolute Gasteiger partial charge is 0.475 e. The predicted octanol–water partition coefficient (Wildman–Crippen LogP) is 1.13. The highest BCUT2D eigenvalue weighted by Gasteiger charge is 2.48. The summed E-state index contributed by atoms with van der Waals surface area (Å²) in [5.74, 6) is -4.16. The van der Waals surface area contributed by atoms with E-state index in [1.54, 1.807) is 26.0 Å². The van der Waals surface area contributed by atoms with Crippen molar-refractivity contribution >= 4 is 23.7 Å². The maximum Gasteiger partial charge on any atom is 0.372 e. The van der Waals surface area contributed by atoms with Crippen LogP contribution >= 0.6 is 0 Å². The van der Waals surface area contributed by atoms with Gasteiger partial charge in [0.1, 0.15) is 12.2 Å². The molecule has 28 heavy (non-hydrogen) atoms. The van der Waals surface area contributed by atoms with Crippen LogP contribution in [-0.4, -0.2) is 58.0 Å². The number of carboxylic acids is 1. The fourth-order valence-electron chi connectivity index (χ4n) is 3.04. The van der Waals surface area contributed by atoms with E-state index in [2.05, 4.69) is 5.32 Å². The molecular weight excluding hydrogens is 366 g/mol. The molecule has 1 fully saturated rings. The van der Waals surface area contributed by atoms with E-state index in [4.69, 9.17) is 14.6 Å². The summed E-state index contributed by atoms with van der Waals surface area (Å²) in [6.07, 6.45) is -0.347. The molecule has 3 N–H and O–H groups in total. The lowest BCUT2D eigenvalue weighted by atomic mass is 9.97. The van der Waals surface area contributed by atoms with Gasteiger partial charge in [-0.25, -0.2) is 4.79 Å². The Morgan fingerprint density at radius 2 is 1.79 bits per heavy atom. The van der Waals surface area contributed by atoms with Gasteiger partial charge in [-0.1, -0.05) is 42.5 Å². The van der Waals surface area contributed by atoms with Crippen molar-refractivity contribution in [2.45, 2.75) is 57.3 Å². The molecule has 8 heteroatoms. The third kappa shape index (κ3) is 5.98. The van der Waals surface area contributed by atoms with Crippen molar-refractivity contribution in [3.8, 4) is 0 Å². The van der Waals surface area contributed by atoms with E-state index in [1.165, 1.54) is 6.92 Å². The average molecular weight is 391 g/mol. The SMILES string of the molecule is CC(=O)N[C@H](/C=C/c1ccccc1)[C@@H]1OC(C)(C)O[C@H]1[C@@H](O)CC(=O)C(=O)O. The minimum Gasteiger partial charge on any atom is -0.475 e. The van der Waals surface area contributed by atoms with Gasteiger partial charge in [-0.05, 0) is 19.4 Å². The summed E-state index contributed by atoms with van der Waals surface area (Å²) in [5, 5.41) is 21.9. The van der Waals surface area contributed by atoms with Crippen molar-refractivity contribution in [1.29, 1.82) is 0 Å². The lowest BCUT2D eigenvalue weighted by molar-refractivity contribution is -0.160. The number of Topliss-reactive ketones (excluding diaryl/α,β-unsaturated/α-hetero) is 1. The van der Waals surface area contributed by atoms with Gasteiger partial charge in [-0.3, -0.25) is 9.59 Å². The Bertz CT molecular complexity index is 744. The number of ketones is 1. The van der Waals surface area contributed by atoms with Crippen LogP contribution in [0.25, 0.3) is 6.08 Å². The van der Waals surface area contributed by atoms with Crippen LogP contribution in [0.1, 0.15) is 32.8 Å². The number of carboxylic acid groups (broad SMARTS) is 1. The van der Waals surface area contributed by atoms with Gasteiger partial charge in [-0.2, -0.15) is 0 Å². The quantitative estimate of drug-likeness (QED) is 0.568. The summed E-state index contributed by atoms with van der Waals surface area (Å²) >= 11 is 0. The van der Waals surface area contributed by atoms with Crippen molar-refractivity contribution in [1.82, 2.24) is 5.32 Å². The molecular formula is C20H25NO7. The van der Waals surface area contributed by atoms with Crippen LogP contribution < -0.4 is 5.32 Å². The van der Waals surface area contributed by atoms with Crippen LogP contribution in [0.5, 0.6) is 0 Å². The van der Waals surface area contributed by atoms with E-state index in [9.17, 15) is 19.5 Å². The smallest absolute Gasteiger partial charge is 0.372 e. The first kappa shape index (κ1) is 21.7. The Hall–Kier alpha value is -2.55. The summed E-state index contributed by atoms with van der Waals surface area (Å²) in [6, 6.07) is 8.72. The third-order valence-corrected chi connectivity index (χ3v) is 4.20. The highest BCUT2D eigenvalue weighted by Crippen LogP contribution is 2.33. The van der Waals surface area contributed by atoms with Gasteiger partial charge in [0, 0.05) is 13.3 Å². The van der Waals surface area contributed by atoms with Crippen molar-refractivity contribution in [2.75, 3.05) is 0 Å². The molecule has 1 aromatic carbocycles. The number of aliphatic hydroxyl groups excluding tert-OH is 1. The zero-order valence-electron chi connectivity index (χ0n) is 16.0. The van der Waals surface area contributed by atoms with Gasteiger partial charge in [-0.15, -0.1) is 0 Å². The summed E-state index contributed by atoms with van der Waals surface area (Å²) in [4.78, 5) is 34.0. The Morgan fingerprint density at radius 3 is 2.36 bits per heavy atom. The minimum atomic E-state index is -1.63. The summed E-state index contributed by atoms with van der Waals surface area (Å²) in [7, 11) is 0. The van der Waals surface area contributed by atoms with Gasteiger partial charge < -0.3 is 25.0 Å². The molecule has 1 aromatic rings. The lowest BCUT2D eigenvalue weighted by Gasteiger charge is -2.27. The molecule has 1 amide bonds. The standard InChI is InChI=1S/C20H25NO7/c1-12(22)21-14(10-9-13-7-5-4-6-8-13)17-18(28-20(2,3)27-17)15(23)11-16(24)19(25)26/h4-10,14-15,17-18,23H,11H2,1-3H3,(H,21,22)(H,25,26)/b10-9+/t14-,15+,17+,18+/m1/s1. The first-order valence-corrected chi connectivity index (χ1v) is 8.89. The van der Waals surface area contributed by atoms with Crippen molar-refractivity contribution in [2.24, 2.45) is 0 Å². The zero-order valence-corrected chi connectivity index (χ0v) is 16.0.